The van der Waals surface area contributed by atoms with E-state index in [0.717, 1.165) is 4.48 Å². The lowest BCUT2D eigenvalue weighted by Crippen LogP contribution is -2.19. The molecule has 0 aromatic carbocycles. The lowest BCUT2D eigenvalue weighted by molar-refractivity contribution is -0.135. The number of hydrogen-bond acceptors (Lipinski definition) is 1. The summed E-state index contributed by atoms with van der Waals surface area (Å²) in [4.78, 5) is 0. The lowest BCUT2D eigenvalue weighted by Gasteiger charge is -2.06. The van der Waals surface area contributed by atoms with E-state index < -0.39 is 12.6 Å². The Labute approximate surface area is 78.2 Å². The highest BCUT2D eigenvalue weighted by Crippen LogP contribution is 2.20. The maximum Gasteiger partial charge on any atom is 0.389 e. The van der Waals surface area contributed by atoms with Crippen LogP contribution in [-0.4, -0.2) is 19.3 Å². The van der Waals surface area contributed by atoms with Crippen LogP contribution >= 0.6 is 15.9 Å². The first kappa shape index (κ1) is 12.0. The summed E-state index contributed by atoms with van der Waals surface area (Å²) in [6, 6.07) is 0. The van der Waals surface area contributed by atoms with Crippen LogP contribution < -0.4 is 5.32 Å². The molecule has 0 heterocycles. The molecule has 0 saturated heterocycles. The molecule has 0 rings (SSSR count). The highest BCUT2D eigenvalue weighted by atomic mass is 79.9. The van der Waals surface area contributed by atoms with E-state index in [0.29, 0.717) is 13.1 Å². The van der Waals surface area contributed by atoms with Gasteiger partial charge in [0, 0.05) is 17.4 Å². The predicted octanol–water partition coefficient (Wildman–Crippen LogP) is 2.83. The normalized spacial score (nSPS) is 11.7. The Morgan fingerprint density at radius 2 is 2.00 bits per heavy atom. The van der Waals surface area contributed by atoms with Gasteiger partial charge < -0.3 is 5.32 Å². The summed E-state index contributed by atoms with van der Waals surface area (Å²) in [6.07, 6.45) is -4.65. The second-order valence-electron chi connectivity index (χ2n) is 2.41. The standard InChI is InChI=1S/C7H11BrF3N/c1-6(8)5-12-4-2-3-7(9,10)11/h12H,1-5H2. The minimum atomic E-state index is -4.03. The molecule has 0 fully saturated rings. The van der Waals surface area contributed by atoms with E-state index in [1.807, 2.05) is 0 Å². The van der Waals surface area contributed by atoms with Crippen molar-refractivity contribution in [3.8, 4) is 0 Å². The largest absolute Gasteiger partial charge is 0.389 e. The molecule has 0 aromatic rings. The molecule has 0 amide bonds. The van der Waals surface area contributed by atoms with E-state index in [1.165, 1.54) is 0 Å². The van der Waals surface area contributed by atoms with Crippen molar-refractivity contribution in [2.45, 2.75) is 19.0 Å². The molecule has 1 nitrogen and oxygen atoms in total. The molecule has 72 valence electrons. The SMILES string of the molecule is C=C(Br)CNCCCC(F)(F)F. The second-order valence-corrected chi connectivity index (χ2v) is 3.53. The van der Waals surface area contributed by atoms with Crippen molar-refractivity contribution >= 4 is 15.9 Å². The van der Waals surface area contributed by atoms with Crippen molar-refractivity contribution in [3.63, 3.8) is 0 Å². The first-order chi connectivity index (χ1) is 5.42. The molecule has 12 heavy (non-hydrogen) atoms. The molecular weight excluding hydrogens is 235 g/mol. The Bertz CT molecular complexity index is 144. The summed E-state index contributed by atoms with van der Waals surface area (Å²) >= 11 is 3.09. The van der Waals surface area contributed by atoms with Crippen LogP contribution in [0.4, 0.5) is 13.2 Å². The van der Waals surface area contributed by atoms with Crippen molar-refractivity contribution in [2.24, 2.45) is 0 Å². The Hall–Kier alpha value is -0.0300. The van der Waals surface area contributed by atoms with E-state index >= 15 is 0 Å². The Morgan fingerprint density at radius 3 is 2.42 bits per heavy atom. The maximum absolute atomic E-state index is 11.6. The van der Waals surface area contributed by atoms with Crippen molar-refractivity contribution in [2.75, 3.05) is 13.1 Å². The minimum absolute atomic E-state index is 0.115. The number of hydrogen-bond donors (Lipinski definition) is 1. The van der Waals surface area contributed by atoms with E-state index in [9.17, 15) is 13.2 Å². The number of alkyl halides is 3. The zero-order chi connectivity index (χ0) is 9.61. The molecule has 0 radical (unpaired) electrons. The first-order valence-electron chi connectivity index (χ1n) is 3.52. The molecule has 0 unspecified atom stereocenters. The monoisotopic (exact) mass is 245 g/mol. The smallest absolute Gasteiger partial charge is 0.312 e. The molecule has 0 atom stereocenters. The van der Waals surface area contributed by atoms with Gasteiger partial charge in [0.2, 0.25) is 0 Å². The van der Waals surface area contributed by atoms with Crippen LogP contribution in [0.1, 0.15) is 12.8 Å². The van der Waals surface area contributed by atoms with Crippen LogP contribution in [-0.2, 0) is 0 Å². The molecule has 0 spiro atoms. The van der Waals surface area contributed by atoms with E-state index in [2.05, 4.69) is 27.8 Å². The predicted molar refractivity (Wildman–Crippen MR) is 46.2 cm³/mol. The van der Waals surface area contributed by atoms with Crippen LogP contribution in [0.3, 0.4) is 0 Å². The lowest BCUT2D eigenvalue weighted by atomic mass is 10.3. The van der Waals surface area contributed by atoms with Gasteiger partial charge in [-0.1, -0.05) is 22.5 Å². The molecule has 0 aliphatic heterocycles. The topological polar surface area (TPSA) is 12.0 Å². The third-order valence-electron chi connectivity index (χ3n) is 1.13. The third-order valence-corrected chi connectivity index (χ3v) is 1.41. The summed E-state index contributed by atoms with van der Waals surface area (Å²) in [6.45, 7) is 4.41. The average molecular weight is 246 g/mol. The van der Waals surface area contributed by atoms with Gasteiger partial charge in [0.15, 0.2) is 0 Å². The third kappa shape index (κ3) is 9.97. The molecule has 0 aromatic heterocycles. The second kappa shape index (κ2) is 5.59. The number of rotatable bonds is 5. The van der Waals surface area contributed by atoms with Crippen molar-refractivity contribution < 1.29 is 13.2 Å². The fourth-order valence-electron chi connectivity index (χ4n) is 0.638. The van der Waals surface area contributed by atoms with Crippen molar-refractivity contribution in [1.82, 2.24) is 5.32 Å². The van der Waals surface area contributed by atoms with Gasteiger partial charge in [-0.15, -0.1) is 0 Å². The van der Waals surface area contributed by atoms with E-state index in [4.69, 9.17) is 0 Å². The molecule has 5 heteroatoms. The first-order valence-corrected chi connectivity index (χ1v) is 4.32. The van der Waals surface area contributed by atoms with Crippen LogP contribution in [0.25, 0.3) is 0 Å². The van der Waals surface area contributed by atoms with E-state index in [-0.39, 0.29) is 6.42 Å². The molecule has 0 saturated carbocycles. The molecule has 0 bridgehead atoms. The van der Waals surface area contributed by atoms with Gasteiger partial charge >= 0.3 is 6.18 Å². The molecular formula is C7H11BrF3N. The Morgan fingerprint density at radius 1 is 1.42 bits per heavy atom. The van der Waals surface area contributed by atoms with Crippen LogP contribution in [0.15, 0.2) is 11.1 Å². The summed E-state index contributed by atoms with van der Waals surface area (Å²) in [5.41, 5.74) is 0. The average Bonchev–Trinajstić information content (AvgIpc) is 1.83. The Kier molecular flexibility index (Phi) is 5.57. The molecule has 0 aliphatic rings. The van der Waals surface area contributed by atoms with Gasteiger partial charge in [-0.2, -0.15) is 13.2 Å². The zero-order valence-corrected chi connectivity index (χ0v) is 8.13. The summed E-state index contributed by atoms with van der Waals surface area (Å²) < 4.78 is 35.5. The molecule has 0 aliphatic carbocycles. The fourth-order valence-corrected chi connectivity index (χ4v) is 0.836. The molecule has 1 N–H and O–H groups in total. The van der Waals surface area contributed by atoms with Gasteiger partial charge in [0.25, 0.3) is 0 Å². The quantitative estimate of drug-likeness (QED) is 0.735. The highest BCUT2D eigenvalue weighted by molar-refractivity contribution is 9.11. The van der Waals surface area contributed by atoms with Gasteiger partial charge in [0.05, 0.1) is 0 Å². The Balaban J connectivity index is 3.17. The summed E-state index contributed by atoms with van der Waals surface area (Å²) in [7, 11) is 0. The summed E-state index contributed by atoms with van der Waals surface area (Å²) in [5.74, 6) is 0. The van der Waals surface area contributed by atoms with Gasteiger partial charge in [-0.05, 0) is 13.0 Å². The number of halogens is 4. The van der Waals surface area contributed by atoms with Gasteiger partial charge in [-0.25, -0.2) is 0 Å². The van der Waals surface area contributed by atoms with Gasteiger partial charge in [0.1, 0.15) is 0 Å². The van der Waals surface area contributed by atoms with Gasteiger partial charge in [-0.3, -0.25) is 0 Å². The maximum atomic E-state index is 11.6. The van der Waals surface area contributed by atoms with Crippen LogP contribution in [0, 0.1) is 0 Å². The van der Waals surface area contributed by atoms with Crippen LogP contribution in [0.5, 0.6) is 0 Å². The summed E-state index contributed by atoms with van der Waals surface area (Å²) in [5, 5.41) is 2.81. The van der Waals surface area contributed by atoms with E-state index in [1.54, 1.807) is 0 Å². The number of nitrogens with one attached hydrogen (secondary N) is 1. The van der Waals surface area contributed by atoms with Crippen molar-refractivity contribution in [1.29, 1.82) is 0 Å². The zero-order valence-electron chi connectivity index (χ0n) is 6.55. The highest BCUT2D eigenvalue weighted by Gasteiger charge is 2.25. The van der Waals surface area contributed by atoms with Crippen molar-refractivity contribution in [3.05, 3.63) is 11.1 Å². The fraction of sp³-hybridized carbons (Fsp3) is 0.714. The minimum Gasteiger partial charge on any atom is -0.312 e. The van der Waals surface area contributed by atoms with Crippen LogP contribution in [0.2, 0.25) is 0 Å².